The van der Waals surface area contributed by atoms with Crippen LogP contribution in [0, 0.1) is 0 Å². The summed E-state index contributed by atoms with van der Waals surface area (Å²) in [6.45, 7) is 0. The molecule has 0 N–H and O–H groups in total. The van der Waals surface area contributed by atoms with E-state index in [0.29, 0.717) is 34.9 Å². The number of nitrogens with zero attached hydrogens (tertiary/aromatic N) is 6. The third-order valence-corrected chi connectivity index (χ3v) is 25.7. The van der Waals surface area contributed by atoms with Crippen molar-refractivity contribution in [3.8, 4) is 213 Å². The van der Waals surface area contributed by atoms with Gasteiger partial charge in [-0.25, -0.2) is 29.9 Å². The molecule has 22 aromatic rings. The lowest BCUT2D eigenvalue weighted by atomic mass is 9.67. The summed E-state index contributed by atoms with van der Waals surface area (Å²) in [5.41, 5.74) is 37.2. The Morgan fingerprint density at radius 2 is 0.248 bits per heavy atom. The van der Waals surface area contributed by atoms with Crippen LogP contribution in [0.5, 0.6) is 0 Å². The quantitative estimate of drug-likeness (QED) is 0.0757. The molecule has 0 unspecified atom stereocenters. The Morgan fingerprint density at radius 3 is 0.451 bits per heavy atom. The van der Waals surface area contributed by atoms with E-state index in [1.165, 1.54) is 0 Å². The molecular formula is C127H84N6. The number of hydrogen-bond acceptors (Lipinski definition) is 6. The second-order valence-electron chi connectivity index (χ2n) is 34.1. The second kappa shape index (κ2) is 35.2. The van der Waals surface area contributed by atoms with E-state index in [4.69, 9.17) is 29.9 Å². The number of hydrogen-bond donors (Lipinski definition) is 0. The molecule has 0 saturated carbocycles. The predicted molar refractivity (Wildman–Crippen MR) is 548 cm³/mol. The number of benzene rings is 20. The second-order valence-corrected chi connectivity index (χ2v) is 34.1. The topological polar surface area (TPSA) is 77.3 Å². The Morgan fingerprint density at radius 1 is 0.105 bits per heavy atom. The Kier molecular flexibility index (Phi) is 21.2. The van der Waals surface area contributed by atoms with Crippen molar-refractivity contribution < 1.29 is 0 Å². The van der Waals surface area contributed by atoms with E-state index in [2.05, 4.69) is 510 Å². The number of aromatic nitrogens is 6. The van der Waals surface area contributed by atoms with Crippen molar-refractivity contribution in [3.63, 3.8) is 0 Å². The molecule has 133 heavy (non-hydrogen) atoms. The van der Waals surface area contributed by atoms with Crippen molar-refractivity contribution in [3.05, 3.63) is 532 Å². The highest BCUT2D eigenvalue weighted by Crippen LogP contribution is 2.57. The summed E-state index contributed by atoms with van der Waals surface area (Å²) in [5.74, 6) is 3.20. The van der Waals surface area contributed by atoms with Crippen LogP contribution in [0.1, 0.15) is 22.3 Å². The zero-order valence-electron chi connectivity index (χ0n) is 72.7. The fraction of sp³-hybridized carbons (Fsp3) is 0.00787. The van der Waals surface area contributed by atoms with E-state index in [0.717, 1.165) is 200 Å². The Labute approximate surface area is 774 Å². The first kappa shape index (κ1) is 80.0. The maximum absolute atomic E-state index is 5.67. The van der Waals surface area contributed by atoms with Crippen LogP contribution >= 0.6 is 0 Å². The summed E-state index contributed by atoms with van der Waals surface area (Å²) in [5, 5.41) is 0. The third-order valence-electron chi connectivity index (χ3n) is 25.7. The highest BCUT2D eigenvalue weighted by Gasteiger charge is 2.46. The fourth-order valence-corrected chi connectivity index (χ4v) is 19.2. The molecule has 1 aliphatic carbocycles. The van der Waals surface area contributed by atoms with Gasteiger partial charge < -0.3 is 0 Å². The largest absolute Gasteiger partial charge is 0.208 e. The minimum Gasteiger partial charge on any atom is -0.208 e. The van der Waals surface area contributed by atoms with Crippen LogP contribution in [-0.4, -0.2) is 29.9 Å². The van der Waals surface area contributed by atoms with Crippen molar-refractivity contribution in [2.75, 3.05) is 0 Å². The van der Waals surface area contributed by atoms with Crippen LogP contribution in [0.25, 0.3) is 213 Å². The lowest BCUT2D eigenvalue weighted by molar-refractivity contribution is 0.768. The molecule has 0 atom stereocenters. The van der Waals surface area contributed by atoms with Gasteiger partial charge in [-0.1, -0.05) is 400 Å². The first-order valence-electron chi connectivity index (χ1n) is 45.2. The molecule has 0 spiro atoms. The van der Waals surface area contributed by atoms with Crippen molar-refractivity contribution >= 4 is 0 Å². The molecule has 0 aliphatic heterocycles. The van der Waals surface area contributed by atoms with E-state index < -0.39 is 5.41 Å². The molecule has 622 valence electrons. The molecule has 2 heterocycles. The lowest BCUT2D eigenvalue weighted by Crippen LogP contribution is -2.28. The fourth-order valence-electron chi connectivity index (χ4n) is 19.2. The molecule has 6 heteroatoms. The molecule has 0 fully saturated rings. The highest BCUT2D eigenvalue weighted by molar-refractivity contribution is 5.92. The molecule has 23 rings (SSSR count). The minimum atomic E-state index is -0.929. The Balaban J connectivity index is 0.695. The van der Waals surface area contributed by atoms with Gasteiger partial charge in [0.15, 0.2) is 34.9 Å². The van der Waals surface area contributed by atoms with E-state index in [-0.39, 0.29) is 0 Å². The summed E-state index contributed by atoms with van der Waals surface area (Å²) < 4.78 is 0. The number of rotatable bonds is 20. The first-order chi connectivity index (χ1) is 65.8. The number of fused-ring (bicyclic) bond motifs is 3. The van der Waals surface area contributed by atoms with Gasteiger partial charge in [0.25, 0.3) is 0 Å². The van der Waals surface area contributed by atoms with Gasteiger partial charge in [-0.05, 0) is 276 Å². The van der Waals surface area contributed by atoms with Crippen LogP contribution < -0.4 is 0 Å². The van der Waals surface area contributed by atoms with Crippen molar-refractivity contribution in [1.29, 1.82) is 0 Å². The van der Waals surface area contributed by atoms with Gasteiger partial charge in [0.1, 0.15) is 0 Å². The maximum Gasteiger partial charge on any atom is 0.164 e. The summed E-state index contributed by atoms with van der Waals surface area (Å²) >= 11 is 0. The van der Waals surface area contributed by atoms with Gasteiger partial charge in [0.05, 0.1) is 5.41 Å². The molecule has 1 aliphatic rings. The van der Waals surface area contributed by atoms with E-state index in [9.17, 15) is 0 Å². The SMILES string of the molecule is c1ccc(-c2cc(-c3ccccc3)cc(-c3cccc(-c4nc(-c5cccc(-c6cc(-c7ccccc7)cc(-c7ccccc7)c6)c5)nc(-c5cccc(C6(c7cccc(-c8nc(-c9cccc(-c%10cc(-c%11ccccc%11)cc(-c%11ccccc%11)c%10)c9)nc(-c9cccc(-c%10cc(-c%11ccccc%11)cc(-c%11ccccc%11)c%10)c9)n8)c7)c7ccccc7-c7ccccc76)c5)n4)c3)c2)cc1. The first-order valence-corrected chi connectivity index (χ1v) is 45.2. The Bertz CT molecular complexity index is 7000. The van der Waals surface area contributed by atoms with Crippen molar-refractivity contribution in [1.82, 2.24) is 29.9 Å². The van der Waals surface area contributed by atoms with Crippen LogP contribution in [0.4, 0.5) is 0 Å². The van der Waals surface area contributed by atoms with Crippen LogP contribution in [-0.2, 0) is 5.41 Å². The standard InChI is InChI=1S/C127H84N6/c1-9-35-85(36-10-1)103-71-104(86-37-11-2-12-38-86)76-111(75-103)93-51-29-55-97(67-93)121-128-122(98-56-30-52-94(68-98)112-77-105(87-39-13-3-14-40-87)72-106(78-112)88-41-15-4-16-42-88)131-125(130-121)101-59-33-61-115(83-101)127(119-65-27-25-63-117(119)118-64-26-28-66-120(118)127)116-62-34-60-102(84-116)126-132-123(99-57-31-53-95(69-99)113-79-107(89-43-17-5-18-44-89)73-108(80-113)90-45-19-6-20-46-90)129-124(133-126)100-58-32-54-96(70-100)114-81-109(91-47-21-7-22-48-91)74-110(82-114)92-49-23-8-24-50-92/h1-84H. The normalized spacial score (nSPS) is 11.8. The van der Waals surface area contributed by atoms with E-state index in [1.54, 1.807) is 0 Å². The van der Waals surface area contributed by atoms with Gasteiger partial charge >= 0.3 is 0 Å². The third kappa shape index (κ3) is 16.0. The van der Waals surface area contributed by atoms with E-state index >= 15 is 0 Å². The van der Waals surface area contributed by atoms with Crippen LogP contribution in [0.2, 0.25) is 0 Å². The van der Waals surface area contributed by atoms with Gasteiger partial charge in [0.2, 0.25) is 0 Å². The minimum absolute atomic E-state index is 0.524. The molecular weight excluding hydrogens is 1610 g/mol. The maximum atomic E-state index is 5.67. The molecule has 6 nitrogen and oxygen atoms in total. The molecule has 0 saturated heterocycles. The molecule has 2 aromatic heterocycles. The van der Waals surface area contributed by atoms with Crippen LogP contribution in [0.3, 0.4) is 0 Å². The predicted octanol–water partition coefficient (Wildman–Crippen LogP) is 32.4. The highest BCUT2D eigenvalue weighted by atomic mass is 15.0. The smallest absolute Gasteiger partial charge is 0.164 e. The summed E-state index contributed by atoms with van der Waals surface area (Å²) in [6, 6.07) is 183. The lowest BCUT2D eigenvalue weighted by Gasteiger charge is -2.34. The Hall–Kier alpha value is -17.6. The average Bonchev–Trinajstić information content (AvgIpc) is 1.54. The van der Waals surface area contributed by atoms with E-state index in [1.807, 2.05) is 0 Å². The molecule has 0 bridgehead atoms. The summed E-state index contributed by atoms with van der Waals surface area (Å²) in [6.07, 6.45) is 0. The summed E-state index contributed by atoms with van der Waals surface area (Å²) in [4.78, 5) is 33.9. The van der Waals surface area contributed by atoms with Crippen molar-refractivity contribution in [2.24, 2.45) is 0 Å². The van der Waals surface area contributed by atoms with Gasteiger partial charge in [-0.3, -0.25) is 0 Å². The van der Waals surface area contributed by atoms with Gasteiger partial charge in [0, 0.05) is 33.4 Å². The summed E-state index contributed by atoms with van der Waals surface area (Å²) in [7, 11) is 0. The monoisotopic (exact) mass is 1690 g/mol. The van der Waals surface area contributed by atoms with Crippen LogP contribution in [0.15, 0.2) is 510 Å². The average molecular weight is 1690 g/mol. The van der Waals surface area contributed by atoms with Gasteiger partial charge in [-0.15, -0.1) is 0 Å². The molecule has 0 amide bonds. The molecule has 20 aromatic carbocycles. The zero-order chi connectivity index (χ0) is 88.4. The molecule has 0 radical (unpaired) electrons. The zero-order valence-corrected chi connectivity index (χ0v) is 72.7. The van der Waals surface area contributed by atoms with Gasteiger partial charge in [-0.2, -0.15) is 0 Å². The van der Waals surface area contributed by atoms with Crippen molar-refractivity contribution in [2.45, 2.75) is 5.41 Å².